The van der Waals surface area contributed by atoms with Crippen LogP contribution in [-0.4, -0.2) is 61.4 Å². The van der Waals surface area contributed by atoms with Gasteiger partial charge in [0.25, 0.3) is 0 Å². The predicted molar refractivity (Wildman–Crippen MR) is 119 cm³/mol. The molecule has 1 aliphatic rings. The van der Waals surface area contributed by atoms with E-state index in [4.69, 9.17) is 9.15 Å². The summed E-state index contributed by atoms with van der Waals surface area (Å²) >= 11 is 0. The van der Waals surface area contributed by atoms with Crippen molar-refractivity contribution in [2.24, 2.45) is 0 Å². The second-order valence-corrected chi connectivity index (χ2v) is 7.90. The molecule has 1 amide bonds. The molecule has 0 atom stereocenters. The molecule has 1 aromatic heterocycles. The Balaban J connectivity index is 1.40. The van der Waals surface area contributed by atoms with E-state index in [-0.39, 0.29) is 22.6 Å². The lowest BCUT2D eigenvalue weighted by atomic mass is 10.1. The third-order valence-corrected chi connectivity index (χ3v) is 5.64. The highest BCUT2D eigenvalue weighted by atomic mass is 19.4. The van der Waals surface area contributed by atoms with Crippen LogP contribution in [0.1, 0.15) is 6.92 Å². The van der Waals surface area contributed by atoms with E-state index in [2.05, 4.69) is 9.64 Å². The van der Waals surface area contributed by atoms with Gasteiger partial charge in [-0.05, 0) is 29.8 Å². The summed E-state index contributed by atoms with van der Waals surface area (Å²) in [6.07, 6.45) is -3.50. The number of carbonyl (C=O) groups excluding carboxylic acids is 1. The molecular formula is C24H23F3N2O5. The first-order chi connectivity index (χ1) is 16.2. The maximum atomic E-state index is 12.9. The van der Waals surface area contributed by atoms with Crippen molar-refractivity contribution in [2.75, 3.05) is 39.3 Å². The van der Waals surface area contributed by atoms with Crippen molar-refractivity contribution in [2.45, 2.75) is 13.3 Å². The highest BCUT2D eigenvalue weighted by molar-refractivity contribution is 5.82. The van der Waals surface area contributed by atoms with E-state index in [0.29, 0.717) is 48.5 Å². The molecule has 0 saturated carbocycles. The Morgan fingerprint density at radius 2 is 1.71 bits per heavy atom. The van der Waals surface area contributed by atoms with Gasteiger partial charge in [0.05, 0.1) is 10.9 Å². The first-order valence-corrected chi connectivity index (χ1v) is 10.7. The third-order valence-electron chi connectivity index (χ3n) is 5.64. The Hall–Kier alpha value is -3.53. The van der Waals surface area contributed by atoms with Crippen LogP contribution < -0.4 is 14.9 Å². The molecule has 34 heavy (non-hydrogen) atoms. The minimum Gasteiger partial charge on any atom is -0.492 e. The zero-order valence-electron chi connectivity index (χ0n) is 18.4. The number of halogens is 3. The fourth-order valence-corrected chi connectivity index (χ4v) is 3.81. The number of amides is 1. The molecule has 3 aromatic rings. The van der Waals surface area contributed by atoms with Gasteiger partial charge in [0.1, 0.15) is 30.0 Å². The quantitative estimate of drug-likeness (QED) is 0.538. The number of nitrogens with zero attached hydrogens (tertiary/aromatic N) is 2. The highest BCUT2D eigenvalue weighted by Crippen LogP contribution is 2.27. The number of carbonyl (C=O) groups is 1. The molecule has 1 aliphatic heterocycles. The van der Waals surface area contributed by atoms with Crippen molar-refractivity contribution in [3.63, 3.8) is 0 Å². The van der Waals surface area contributed by atoms with E-state index >= 15 is 0 Å². The molecular weight excluding hydrogens is 453 g/mol. The highest BCUT2D eigenvalue weighted by Gasteiger charge is 2.31. The third kappa shape index (κ3) is 5.69. The molecule has 0 aliphatic carbocycles. The van der Waals surface area contributed by atoms with Crippen LogP contribution in [0.15, 0.2) is 57.9 Å². The lowest BCUT2D eigenvalue weighted by Crippen LogP contribution is -2.48. The average molecular weight is 476 g/mol. The van der Waals surface area contributed by atoms with E-state index < -0.39 is 6.36 Å². The van der Waals surface area contributed by atoms with Crippen LogP contribution >= 0.6 is 0 Å². The van der Waals surface area contributed by atoms with E-state index in [1.807, 2.05) is 4.90 Å². The minimum atomic E-state index is -4.78. The summed E-state index contributed by atoms with van der Waals surface area (Å²) < 4.78 is 52.3. The van der Waals surface area contributed by atoms with Gasteiger partial charge in [-0.1, -0.05) is 12.1 Å². The van der Waals surface area contributed by atoms with Gasteiger partial charge in [-0.15, -0.1) is 13.2 Å². The van der Waals surface area contributed by atoms with Gasteiger partial charge in [0.2, 0.25) is 5.91 Å². The van der Waals surface area contributed by atoms with Gasteiger partial charge in [0, 0.05) is 45.7 Å². The molecule has 1 saturated heterocycles. The van der Waals surface area contributed by atoms with Gasteiger partial charge in [-0.3, -0.25) is 14.5 Å². The van der Waals surface area contributed by atoms with Crippen LogP contribution in [0.2, 0.25) is 0 Å². The standard InChI is InChI=1S/C24H23F3N2O5/c1-16(30)29-10-8-28(9-11-29)12-13-32-19-6-7-20-22(14-19)33-15-21(23(20)31)17-2-4-18(5-3-17)34-24(25,26)27/h2-7,14-15H,8-13H2,1H3. The van der Waals surface area contributed by atoms with Gasteiger partial charge in [-0.25, -0.2) is 0 Å². The summed E-state index contributed by atoms with van der Waals surface area (Å²) in [6.45, 7) is 5.72. The van der Waals surface area contributed by atoms with Crippen LogP contribution in [0.4, 0.5) is 13.2 Å². The molecule has 0 unspecified atom stereocenters. The molecule has 10 heteroatoms. The van der Waals surface area contributed by atoms with Crippen molar-refractivity contribution in [1.29, 1.82) is 0 Å². The summed E-state index contributed by atoms with van der Waals surface area (Å²) in [4.78, 5) is 28.3. The summed E-state index contributed by atoms with van der Waals surface area (Å²) in [7, 11) is 0. The number of hydrogen-bond donors (Lipinski definition) is 0. The monoisotopic (exact) mass is 476 g/mol. The molecule has 2 aromatic carbocycles. The summed E-state index contributed by atoms with van der Waals surface area (Å²) in [5.41, 5.74) is 0.679. The lowest BCUT2D eigenvalue weighted by molar-refractivity contribution is -0.274. The molecule has 7 nitrogen and oxygen atoms in total. The fraction of sp³-hybridized carbons (Fsp3) is 0.333. The number of rotatable bonds is 6. The molecule has 1 fully saturated rings. The van der Waals surface area contributed by atoms with Gasteiger partial charge < -0.3 is 18.8 Å². The molecule has 0 N–H and O–H groups in total. The molecule has 0 radical (unpaired) electrons. The number of piperazine rings is 1. The largest absolute Gasteiger partial charge is 0.573 e. The molecule has 0 bridgehead atoms. The first kappa shape index (κ1) is 23.6. The van der Waals surface area contributed by atoms with Crippen molar-refractivity contribution >= 4 is 16.9 Å². The van der Waals surface area contributed by atoms with Crippen molar-refractivity contribution < 1.29 is 31.9 Å². The number of benzene rings is 2. The zero-order valence-corrected chi connectivity index (χ0v) is 18.4. The normalized spacial score (nSPS) is 14.9. The SMILES string of the molecule is CC(=O)N1CCN(CCOc2ccc3c(=O)c(-c4ccc(OC(F)(F)F)cc4)coc3c2)CC1. The molecule has 4 rings (SSSR count). The van der Waals surface area contributed by atoms with E-state index in [0.717, 1.165) is 25.2 Å². The maximum absolute atomic E-state index is 12.9. The second-order valence-electron chi connectivity index (χ2n) is 7.90. The predicted octanol–water partition coefficient (Wildman–Crippen LogP) is 3.90. The van der Waals surface area contributed by atoms with Crippen LogP contribution in [0, 0.1) is 0 Å². The average Bonchev–Trinajstić information content (AvgIpc) is 2.79. The maximum Gasteiger partial charge on any atom is 0.573 e. The van der Waals surface area contributed by atoms with Crippen LogP contribution in [0.5, 0.6) is 11.5 Å². The van der Waals surface area contributed by atoms with Gasteiger partial charge >= 0.3 is 6.36 Å². The van der Waals surface area contributed by atoms with Crippen molar-refractivity contribution in [3.8, 4) is 22.6 Å². The Morgan fingerprint density at radius 1 is 1.03 bits per heavy atom. The topological polar surface area (TPSA) is 72.2 Å². The first-order valence-electron chi connectivity index (χ1n) is 10.7. The number of alkyl halides is 3. The summed E-state index contributed by atoms with van der Waals surface area (Å²) in [6, 6.07) is 9.94. The second kappa shape index (κ2) is 9.76. The molecule has 2 heterocycles. The van der Waals surface area contributed by atoms with E-state index in [1.54, 1.807) is 25.1 Å². The fourth-order valence-electron chi connectivity index (χ4n) is 3.81. The van der Waals surface area contributed by atoms with Crippen LogP contribution in [0.3, 0.4) is 0 Å². The van der Waals surface area contributed by atoms with Gasteiger partial charge in [0.15, 0.2) is 5.43 Å². The summed E-state index contributed by atoms with van der Waals surface area (Å²) in [5, 5.41) is 0.334. The van der Waals surface area contributed by atoms with Gasteiger partial charge in [-0.2, -0.15) is 0 Å². The number of ether oxygens (including phenoxy) is 2. The Labute approximate surface area is 193 Å². The van der Waals surface area contributed by atoms with Crippen molar-refractivity contribution in [3.05, 3.63) is 59.0 Å². The Kier molecular flexibility index (Phi) is 6.78. The molecule has 180 valence electrons. The minimum absolute atomic E-state index is 0.0872. The van der Waals surface area contributed by atoms with Crippen molar-refractivity contribution in [1.82, 2.24) is 9.80 Å². The van der Waals surface area contributed by atoms with E-state index in [9.17, 15) is 22.8 Å². The van der Waals surface area contributed by atoms with E-state index in [1.165, 1.54) is 18.4 Å². The smallest absolute Gasteiger partial charge is 0.492 e. The number of fused-ring (bicyclic) bond motifs is 1. The number of hydrogen-bond acceptors (Lipinski definition) is 6. The van der Waals surface area contributed by atoms with Crippen LogP contribution in [0.25, 0.3) is 22.1 Å². The Morgan fingerprint density at radius 3 is 2.35 bits per heavy atom. The summed E-state index contributed by atoms with van der Waals surface area (Å²) in [5.74, 6) is 0.271. The Bertz CT molecular complexity index is 1220. The molecule has 0 spiro atoms. The van der Waals surface area contributed by atoms with Crippen LogP contribution in [-0.2, 0) is 4.79 Å². The zero-order chi connectivity index (χ0) is 24.3. The lowest BCUT2D eigenvalue weighted by Gasteiger charge is -2.34.